The summed E-state index contributed by atoms with van der Waals surface area (Å²) in [4.78, 5) is 8.49. The van der Waals surface area contributed by atoms with Crippen molar-refractivity contribution in [2.75, 3.05) is 0 Å². The van der Waals surface area contributed by atoms with Crippen LogP contribution in [0.4, 0.5) is 0 Å². The van der Waals surface area contributed by atoms with Crippen molar-refractivity contribution in [3.8, 4) is 11.4 Å². The Balaban J connectivity index is 2.64. The third kappa shape index (κ3) is 2.74. The van der Waals surface area contributed by atoms with E-state index in [9.17, 15) is 0 Å². The Morgan fingerprint density at radius 3 is 2.47 bits per heavy atom. The fourth-order valence-electron chi connectivity index (χ4n) is 1.31. The molecule has 2 aromatic rings. The van der Waals surface area contributed by atoms with Crippen molar-refractivity contribution >= 4 is 50.7 Å². The maximum Gasteiger partial charge on any atom is 0.162 e. The van der Waals surface area contributed by atoms with Crippen LogP contribution in [0.15, 0.2) is 22.7 Å². The lowest BCUT2D eigenvalue weighted by atomic mass is 10.2. The number of halogens is 4. The lowest BCUT2D eigenvalue weighted by Gasteiger charge is -2.07. The molecule has 6 heteroatoms. The number of hydrogen-bond acceptors (Lipinski definition) is 2. The van der Waals surface area contributed by atoms with Crippen LogP contribution in [0.2, 0.25) is 15.2 Å². The van der Waals surface area contributed by atoms with E-state index in [0.29, 0.717) is 31.1 Å². The quantitative estimate of drug-likeness (QED) is 0.661. The monoisotopic (exact) mass is 350 g/mol. The highest BCUT2D eigenvalue weighted by Gasteiger charge is 2.12. The van der Waals surface area contributed by atoms with Gasteiger partial charge in [-0.15, -0.1) is 0 Å². The molecule has 1 aromatic heterocycles. The normalized spacial score (nSPS) is 10.6. The van der Waals surface area contributed by atoms with E-state index in [1.807, 2.05) is 6.92 Å². The maximum atomic E-state index is 6.08. The number of rotatable bonds is 1. The molecular formula is C11H6BrCl3N2. The summed E-state index contributed by atoms with van der Waals surface area (Å²) in [7, 11) is 0. The Morgan fingerprint density at radius 2 is 1.82 bits per heavy atom. The topological polar surface area (TPSA) is 25.8 Å². The molecule has 0 fully saturated rings. The Bertz CT molecular complexity index is 564. The highest BCUT2D eigenvalue weighted by atomic mass is 79.9. The van der Waals surface area contributed by atoms with Crippen molar-refractivity contribution in [3.05, 3.63) is 43.6 Å². The molecule has 0 N–H and O–H groups in total. The summed E-state index contributed by atoms with van der Waals surface area (Å²) < 4.78 is 0.682. The maximum absolute atomic E-state index is 6.08. The molecule has 0 amide bonds. The molecule has 17 heavy (non-hydrogen) atoms. The van der Waals surface area contributed by atoms with Gasteiger partial charge >= 0.3 is 0 Å². The highest BCUT2D eigenvalue weighted by molar-refractivity contribution is 9.10. The van der Waals surface area contributed by atoms with E-state index in [4.69, 9.17) is 34.8 Å². The molecule has 0 saturated carbocycles. The average molecular weight is 352 g/mol. The van der Waals surface area contributed by atoms with Crippen molar-refractivity contribution in [1.29, 1.82) is 0 Å². The van der Waals surface area contributed by atoms with E-state index in [1.165, 1.54) is 0 Å². The minimum absolute atomic E-state index is 0.351. The van der Waals surface area contributed by atoms with Gasteiger partial charge in [0.25, 0.3) is 0 Å². The minimum atomic E-state index is 0.351. The van der Waals surface area contributed by atoms with Crippen LogP contribution in [-0.2, 0) is 0 Å². The summed E-state index contributed by atoms with van der Waals surface area (Å²) in [6.07, 6.45) is 0. The van der Waals surface area contributed by atoms with Crippen molar-refractivity contribution < 1.29 is 0 Å². The molecule has 0 aliphatic rings. The van der Waals surface area contributed by atoms with Gasteiger partial charge in [-0.1, -0.05) is 34.8 Å². The van der Waals surface area contributed by atoms with Crippen molar-refractivity contribution in [2.24, 2.45) is 0 Å². The summed E-state index contributed by atoms with van der Waals surface area (Å²) in [5.41, 5.74) is 1.41. The van der Waals surface area contributed by atoms with Crippen LogP contribution in [0, 0.1) is 6.92 Å². The molecule has 0 saturated heterocycles. The van der Waals surface area contributed by atoms with Crippen LogP contribution in [0.1, 0.15) is 5.69 Å². The van der Waals surface area contributed by atoms with Gasteiger partial charge in [-0.25, -0.2) is 9.97 Å². The SMILES string of the molecule is Cc1nc(-c2cc(Cl)ccc2Cl)nc(Cl)c1Br. The second-order valence-corrected chi connectivity index (χ2v) is 5.36. The second-order valence-electron chi connectivity index (χ2n) is 3.36. The van der Waals surface area contributed by atoms with Crippen LogP contribution in [0.25, 0.3) is 11.4 Å². The number of hydrogen-bond donors (Lipinski definition) is 0. The van der Waals surface area contributed by atoms with Gasteiger partial charge in [-0.2, -0.15) is 0 Å². The van der Waals surface area contributed by atoms with Crippen LogP contribution < -0.4 is 0 Å². The predicted molar refractivity (Wildman–Crippen MR) is 74.9 cm³/mol. The van der Waals surface area contributed by atoms with Gasteiger partial charge < -0.3 is 0 Å². The number of nitrogens with zero attached hydrogens (tertiary/aromatic N) is 2. The second kappa shape index (κ2) is 5.11. The molecule has 0 bridgehead atoms. The largest absolute Gasteiger partial charge is 0.232 e. The zero-order valence-corrected chi connectivity index (χ0v) is 12.5. The van der Waals surface area contributed by atoms with Crippen molar-refractivity contribution in [1.82, 2.24) is 9.97 Å². The minimum Gasteiger partial charge on any atom is -0.232 e. The number of aromatic nitrogens is 2. The highest BCUT2D eigenvalue weighted by Crippen LogP contribution is 2.31. The zero-order valence-electron chi connectivity index (χ0n) is 8.64. The summed E-state index contributed by atoms with van der Waals surface area (Å²) in [5, 5.41) is 1.46. The van der Waals surface area contributed by atoms with Crippen molar-refractivity contribution in [3.63, 3.8) is 0 Å². The van der Waals surface area contributed by atoms with E-state index >= 15 is 0 Å². The Morgan fingerprint density at radius 1 is 1.12 bits per heavy atom. The Labute approximate surface area is 122 Å². The van der Waals surface area contributed by atoms with E-state index < -0.39 is 0 Å². The standard InChI is InChI=1S/C11H6BrCl3N2/c1-5-9(12)10(15)17-11(16-5)7-4-6(13)2-3-8(7)14/h2-4H,1H3. The first-order chi connectivity index (χ1) is 7.99. The van der Waals surface area contributed by atoms with Gasteiger partial charge in [-0.3, -0.25) is 0 Å². The van der Waals surface area contributed by atoms with Gasteiger partial charge in [0.1, 0.15) is 5.15 Å². The van der Waals surface area contributed by atoms with E-state index in [2.05, 4.69) is 25.9 Å². The lowest BCUT2D eigenvalue weighted by Crippen LogP contribution is -1.95. The van der Waals surface area contributed by atoms with Crippen LogP contribution in [-0.4, -0.2) is 9.97 Å². The summed E-state index contributed by atoms with van der Waals surface area (Å²) >= 11 is 21.3. The molecule has 0 spiro atoms. The molecule has 0 unspecified atom stereocenters. The first kappa shape index (κ1) is 13.1. The average Bonchev–Trinajstić information content (AvgIpc) is 2.28. The van der Waals surface area contributed by atoms with Crippen LogP contribution >= 0.6 is 50.7 Å². The molecule has 1 heterocycles. The molecule has 1 aromatic carbocycles. The number of aryl methyl sites for hydroxylation is 1. The molecule has 2 rings (SSSR count). The molecule has 88 valence electrons. The first-order valence-electron chi connectivity index (χ1n) is 4.64. The molecule has 0 atom stereocenters. The molecule has 0 aliphatic heterocycles. The summed E-state index contributed by atoms with van der Waals surface area (Å²) in [6, 6.07) is 5.12. The third-order valence-corrected chi connectivity index (χ3v) is 4.16. The molecule has 2 nitrogen and oxygen atoms in total. The predicted octanol–water partition coefficient (Wildman–Crippen LogP) is 5.17. The third-order valence-electron chi connectivity index (χ3n) is 2.15. The smallest absolute Gasteiger partial charge is 0.162 e. The van der Waals surface area contributed by atoms with Gasteiger partial charge in [0.2, 0.25) is 0 Å². The zero-order chi connectivity index (χ0) is 12.6. The van der Waals surface area contributed by atoms with Gasteiger partial charge in [0.05, 0.1) is 15.2 Å². The number of benzene rings is 1. The first-order valence-corrected chi connectivity index (χ1v) is 6.57. The molecule has 0 aliphatic carbocycles. The van der Waals surface area contributed by atoms with Crippen LogP contribution in [0.3, 0.4) is 0 Å². The molecule has 0 radical (unpaired) electrons. The van der Waals surface area contributed by atoms with Gasteiger partial charge in [0, 0.05) is 10.6 Å². The summed E-state index contributed by atoms with van der Waals surface area (Å²) in [5.74, 6) is 0.461. The molecular weight excluding hydrogens is 346 g/mol. The fourth-order valence-corrected chi connectivity index (χ4v) is 2.08. The van der Waals surface area contributed by atoms with Gasteiger partial charge in [0.15, 0.2) is 5.82 Å². The summed E-state index contributed by atoms with van der Waals surface area (Å²) in [6.45, 7) is 1.83. The van der Waals surface area contributed by atoms with E-state index in [0.717, 1.165) is 5.69 Å². The lowest BCUT2D eigenvalue weighted by molar-refractivity contribution is 1.09. The fraction of sp³-hybridized carbons (Fsp3) is 0.0909. The van der Waals surface area contributed by atoms with Gasteiger partial charge in [-0.05, 0) is 41.1 Å². The Kier molecular flexibility index (Phi) is 3.93. The van der Waals surface area contributed by atoms with E-state index in [-0.39, 0.29) is 0 Å². The van der Waals surface area contributed by atoms with Crippen LogP contribution in [0.5, 0.6) is 0 Å². The Hall–Kier alpha value is -0.350. The van der Waals surface area contributed by atoms with Crippen molar-refractivity contribution in [2.45, 2.75) is 6.92 Å². The van der Waals surface area contributed by atoms with E-state index in [1.54, 1.807) is 18.2 Å².